The van der Waals surface area contributed by atoms with Gasteiger partial charge < -0.3 is 15.4 Å². The molecule has 3 atom stereocenters. The van der Waals surface area contributed by atoms with Gasteiger partial charge in [0.1, 0.15) is 0 Å². The molecule has 2 N–H and O–H groups in total. The van der Waals surface area contributed by atoms with Gasteiger partial charge in [-0.25, -0.2) is 0 Å². The summed E-state index contributed by atoms with van der Waals surface area (Å²) < 4.78 is 4.70. The SMILES string of the molecule is COC(=O)C1CC(=O)N([C@H]2CCCC[C@H]2N)C1. The fraction of sp³-hybridized carbons (Fsp3) is 0.833. The standard InChI is InChI=1S/C12H20N2O3/c1-17-12(16)8-6-11(15)14(7-8)10-5-3-2-4-9(10)13/h8-10H,2-7,13H2,1H3/t8?,9-,10+/m1/s1. The van der Waals surface area contributed by atoms with E-state index in [2.05, 4.69) is 0 Å². The third kappa shape index (κ3) is 2.44. The molecule has 1 saturated carbocycles. The van der Waals surface area contributed by atoms with Gasteiger partial charge >= 0.3 is 5.97 Å². The van der Waals surface area contributed by atoms with Crippen LogP contribution in [0.2, 0.25) is 0 Å². The minimum Gasteiger partial charge on any atom is -0.469 e. The van der Waals surface area contributed by atoms with Crippen LogP contribution in [-0.2, 0) is 14.3 Å². The first-order valence-electron chi connectivity index (χ1n) is 6.26. The number of hydrogen-bond donors (Lipinski definition) is 1. The zero-order chi connectivity index (χ0) is 12.4. The van der Waals surface area contributed by atoms with Gasteiger partial charge in [-0.3, -0.25) is 9.59 Å². The molecule has 1 amide bonds. The number of likely N-dealkylation sites (tertiary alicyclic amines) is 1. The van der Waals surface area contributed by atoms with E-state index >= 15 is 0 Å². The summed E-state index contributed by atoms with van der Waals surface area (Å²) in [6.07, 6.45) is 4.46. The summed E-state index contributed by atoms with van der Waals surface area (Å²) in [6, 6.07) is 0.176. The number of esters is 1. The Morgan fingerprint density at radius 1 is 1.41 bits per heavy atom. The van der Waals surface area contributed by atoms with Crippen molar-refractivity contribution in [2.45, 2.75) is 44.2 Å². The first kappa shape index (κ1) is 12.4. The van der Waals surface area contributed by atoms with Gasteiger partial charge in [0.05, 0.1) is 13.0 Å². The van der Waals surface area contributed by atoms with E-state index in [9.17, 15) is 9.59 Å². The van der Waals surface area contributed by atoms with Crippen LogP contribution in [0, 0.1) is 5.92 Å². The lowest BCUT2D eigenvalue weighted by molar-refractivity contribution is -0.145. The van der Waals surface area contributed by atoms with Crippen LogP contribution in [0.1, 0.15) is 32.1 Å². The molecule has 5 nitrogen and oxygen atoms in total. The molecular formula is C12H20N2O3. The molecule has 1 heterocycles. The number of nitrogens with two attached hydrogens (primary N) is 1. The largest absolute Gasteiger partial charge is 0.469 e. The summed E-state index contributed by atoms with van der Waals surface area (Å²) >= 11 is 0. The average molecular weight is 240 g/mol. The fourth-order valence-electron chi connectivity index (χ4n) is 2.90. The fourth-order valence-corrected chi connectivity index (χ4v) is 2.90. The molecule has 0 radical (unpaired) electrons. The number of carbonyl (C=O) groups is 2. The molecule has 0 aromatic heterocycles. The summed E-state index contributed by atoms with van der Waals surface area (Å²) in [6.45, 7) is 0.476. The zero-order valence-electron chi connectivity index (χ0n) is 10.2. The van der Waals surface area contributed by atoms with Gasteiger partial charge in [-0.1, -0.05) is 12.8 Å². The highest BCUT2D eigenvalue weighted by Gasteiger charge is 2.40. The minimum absolute atomic E-state index is 0.0442. The van der Waals surface area contributed by atoms with E-state index in [-0.39, 0.29) is 36.3 Å². The van der Waals surface area contributed by atoms with Crippen molar-refractivity contribution in [2.75, 3.05) is 13.7 Å². The zero-order valence-corrected chi connectivity index (χ0v) is 10.2. The third-order valence-electron chi connectivity index (χ3n) is 3.87. The molecule has 2 fully saturated rings. The average Bonchev–Trinajstić information content (AvgIpc) is 2.71. The Bertz CT molecular complexity index is 319. The Kier molecular flexibility index (Phi) is 3.66. The molecule has 0 aromatic rings. The second-order valence-electron chi connectivity index (χ2n) is 4.99. The molecule has 0 spiro atoms. The number of nitrogens with zero attached hydrogens (tertiary/aromatic N) is 1. The second kappa shape index (κ2) is 5.04. The van der Waals surface area contributed by atoms with E-state index in [1.807, 2.05) is 0 Å². The summed E-state index contributed by atoms with van der Waals surface area (Å²) in [4.78, 5) is 25.1. The molecule has 1 aliphatic carbocycles. The molecule has 1 saturated heterocycles. The number of carbonyl (C=O) groups excluding carboxylic acids is 2. The normalized spacial score (nSPS) is 33.9. The molecule has 1 unspecified atom stereocenters. The first-order valence-corrected chi connectivity index (χ1v) is 6.26. The lowest BCUT2D eigenvalue weighted by Gasteiger charge is -2.36. The summed E-state index contributed by atoms with van der Waals surface area (Å²) in [5, 5.41) is 0. The van der Waals surface area contributed by atoms with Crippen molar-refractivity contribution in [3.63, 3.8) is 0 Å². The second-order valence-corrected chi connectivity index (χ2v) is 4.99. The van der Waals surface area contributed by atoms with Crippen molar-refractivity contribution in [1.29, 1.82) is 0 Å². The van der Waals surface area contributed by atoms with Crippen LogP contribution in [0.15, 0.2) is 0 Å². The van der Waals surface area contributed by atoms with Gasteiger partial charge in [0.25, 0.3) is 0 Å². The lowest BCUT2D eigenvalue weighted by atomic mass is 9.90. The van der Waals surface area contributed by atoms with E-state index in [1.165, 1.54) is 7.11 Å². The highest BCUT2D eigenvalue weighted by molar-refractivity contribution is 5.87. The minimum atomic E-state index is -0.304. The van der Waals surface area contributed by atoms with Crippen LogP contribution in [0.25, 0.3) is 0 Å². The molecule has 2 aliphatic rings. The van der Waals surface area contributed by atoms with E-state index < -0.39 is 0 Å². The van der Waals surface area contributed by atoms with Crippen molar-refractivity contribution < 1.29 is 14.3 Å². The summed E-state index contributed by atoms with van der Waals surface area (Å²) in [7, 11) is 1.36. The van der Waals surface area contributed by atoms with Crippen LogP contribution in [0.5, 0.6) is 0 Å². The number of hydrogen-bond acceptors (Lipinski definition) is 4. The van der Waals surface area contributed by atoms with E-state index in [1.54, 1.807) is 4.90 Å². The predicted molar refractivity (Wildman–Crippen MR) is 62.1 cm³/mol. The van der Waals surface area contributed by atoms with Gasteiger partial charge in [0.2, 0.25) is 5.91 Å². The van der Waals surface area contributed by atoms with Gasteiger partial charge in [-0.05, 0) is 12.8 Å². The maximum Gasteiger partial charge on any atom is 0.310 e. The smallest absolute Gasteiger partial charge is 0.310 e. The van der Waals surface area contributed by atoms with Crippen molar-refractivity contribution >= 4 is 11.9 Å². The number of ether oxygens (including phenoxy) is 1. The van der Waals surface area contributed by atoms with Crippen LogP contribution in [0.3, 0.4) is 0 Å². The number of methoxy groups -OCH3 is 1. The molecule has 96 valence electrons. The Morgan fingerprint density at radius 2 is 2.12 bits per heavy atom. The summed E-state index contributed by atoms with van der Waals surface area (Å²) in [5.74, 6) is -0.547. The van der Waals surface area contributed by atoms with Crippen LogP contribution in [-0.4, -0.2) is 42.5 Å². The van der Waals surface area contributed by atoms with Gasteiger partial charge in [0, 0.05) is 25.0 Å². The molecule has 1 aliphatic heterocycles. The molecule has 5 heteroatoms. The van der Waals surface area contributed by atoms with E-state index in [0.717, 1.165) is 25.7 Å². The number of amides is 1. The van der Waals surface area contributed by atoms with Crippen molar-refractivity contribution in [2.24, 2.45) is 11.7 Å². The third-order valence-corrected chi connectivity index (χ3v) is 3.87. The highest BCUT2D eigenvalue weighted by atomic mass is 16.5. The predicted octanol–water partition coefficient (Wildman–Crippen LogP) is 0.278. The Morgan fingerprint density at radius 3 is 2.76 bits per heavy atom. The quantitative estimate of drug-likeness (QED) is 0.704. The number of rotatable bonds is 2. The lowest BCUT2D eigenvalue weighted by Crippen LogP contribution is -2.50. The van der Waals surface area contributed by atoms with Crippen molar-refractivity contribution in [3.8, 4) is 0 Å². The van der Waals surface area contributed by atoms with Gasteiger partial charge in [-0.15, -0.1) is 0 Å². The maximum absolute atomic E-state index is 11.9. The Balaban J connectivity index is 2.02. The molecule has 0 aromatic carbocycles. The maximum atomic E-state index is 11.9. The Labute approximate surface area is 101 Å². The molecule has 2 rings (SSSR count). The highest BCUT2D eigenvalue weighted by Crippen LogP contribution is 2.28. The van der Waals surface area contributed by atoms with Crippen LogP contribution < -0.4 is 5.73 Å². The summed E-state index contributed by atoms with van der Waals surface area (Å²) in [5.41, 5.74) is 6.07. The van der Waals surface area contributed by atoms with E-state index in [0.29, 0.717) is 6.54 Å². The van der Waals surface area contributed by atoms with Crippen molar-refractivity contribution in [3.05, 3.63) is 0 Å². The van der Waals surface area contributed by atoms with Gasteiger partial charge in [-0.2, -0.15) is 0 Å². The van der Waals surface area contributed by atoms with Crippen molar-refractivity contribution in [1.82, 2.24) is 4.90 Å². The topological polar surface area (TPSA) is 72.6 Å². The van der Waals surface area contributed by atoms with Gasteiger partial charge in [0.15, 0.2) is 0 Å². The van der Waals surface area contributed by atoms with Crippen LogP contribution in [0.4, 0.5) is 0 Å². The van der Waals surface area contributed by atoms with Crippen LogP contribution >= 0.6 is 0 Å². The molecule has 0 bridgehead atoms. The molecule has 17 heavy (non-hydrogen) atoms. The molecular weight excluding hydrogens is 220 g/mol. The Hall–Kier alpha value is -1.10. The monoisotopic (exact) mass is 240 g/mol. The first-order chi connectivity index (χ1) is 8.13. The van der Waals surface area contributed by atoms with E-state index in [4.69, 9.17) is 10.5 Å².